The van der Waals surface area contributed by atoms with E-state index in [0.717, 1.165) is 0 Å². The van der Waals surface area contributed by atoms with Gasteiger partial charge in [-0.3, -0.25) is 0 Å². The molecule has 2 rings (SSSR count). The van der Waals surface area contributed by atoms with Gasteiger partial charge in [0.15, 0.2) is 5.60 Å². The fourth-order valence-corrected chi connectivity index (χ4v) is 3.09. The van der Waals surface area contributed by atoms with Crippen LogP contribution in [0.1, 0.15) is 26.7 Å². The minimum Gasteiger partial charge on any atom is -0.467 e. The van der Waals surface area contributed by atoms with Crippen molar-refractivity contribution in [1.29, 1.82) is 0 Å². The number of carbonyl (C=O) groups excluding carboxylic acids is 1. The van der Waals surface area contributed by atoms with Gasteiger partial charge in [-0.05, 0) is 13.8 Å². The first-order valence-corrected chi connectivity index (χ1v) is 7.09. The molecule has 2 aliphatic rings. The predicted molar refractivity (Wildman–Crippen MR) is 72.8 cm³/mol. The van der Waals surface area contributed by atoms with Crippen molar-refractivity contribution in [3.8, 4) is 0 Å². The van der Waals surface area contributed by atoms with Crippen LogP contribution in [0.3, 0.4) is 0 Å². The summed E-state index contributed by atoms with van der Waals surface area (Å²) in [5.41, 5.74) is -1.83. The van der Waals surface area contributed by atoms with Gasteiger partial charge in [0.05, 0.1) is 19.3 Å². The number of aliphatic hydroxyl groups excluding tert-OH is 1. The van der Waals surface area contributed by atoms with Crippen molar-refractivity contribution in [1.82, 2.24) is 0 Å². The first-order chi connectivity index (χ1) is 10.1. The Kier molecular flexibility index (Phi) is 4.55. The van der Waals surface area contributed by atoms with Crippen LogP contribution in [-0.2, 0) is 28.5 Å². The van der Waals surface area contributed by atoms with E-state index in [-0.39, 0.29) is 12.8 Å². The molecule has 0 aromatic heterocycles. The van der Waals surface area contributed by atoms with E-state index in [1.54, 1.807) is 13.8 Å². The van der Waals surface area contributed by atoms with Crippen molar-refractivity contribution in [2.75, 3.05) is 21.3 Å². The Morgan fingerprint density at radius 2 is 1.64 bits per heavy atom. The van der Waals surface area contributed by atoms with Crippen LogP contribution in [0.15, 0.2) is 0 Å². The third-order valence-electron chi connectivity index (χ3n) is 4.74. The minimum absolute atomic E-state index is 0.0693. The van der Waals surface area contributed by atoms with Gasteiger partial charge in [0.2, 0.25) is 11.6 Å². The van der Waals surface area contributed by atoms with Crippen LogP contribution in [0.25, 0.3) is 0 Å². The van der Waals surface area contributed by atoms with Crippen molar-refractivity contribution in [2.24, 2.45) is 0 Å². The number of esters is 1. The molecule has 2 fully saturated rings. The summed E-state index contributed by atoms with van der Waals surface area (Å²) in [6, 6.07) is 0. The molecule has 1 aliphatic carbocycles. The number of fused-ring (bicyclic) bond motifs is 1. The molecule has 22 heavy (non-hydrogen) atoms. The predicted octanol–water partition coefficient (Wildman–Crippen LogP) is -0.446. The average Bonchev–Trinajstić information content (AvgIpc) is 2.48. The molecule has 1 heterocycles. The first-order valence-electron chi connectivity index (χ1n) is 7.09. The van der Waals surface area contributed by atoms with Crippen molar-refractivity contribution in [3.63, 3.8) is 0 Å². The number of rotatable bonds is 3. The lowest BCUT2D eigenvalue weighted by atomic mass is 9.78. The highest BCUT2D eigenvalue weighted by molar-refractivity contribution is 5.79. The molecule has 0 unspecified atom stereocenters. The maximum Gasteiger partial charge on any atom is 0.338 e. The Morgan fingerprint density at radius 3 is 2.14 bits per heavy atom. The number of ether oxygens (including phenoxy) is 5. The monoisotopic (exact) mass is 320 g/mol. The summed E-state index contributed by atoms with van der Waals surface area (Å²) >= 11 is 0. The zero-order valence-corrected chi connectivity index (χ0v) is 13.5. The van der Waals surface area contributed by atoms with Crippen LogP contribution in [0.5, 0.6) is 0 Å². The van der Waals surface area contributed by atoms with Gasteiger partial charge in [0.25, 0.3) is 0 Å². The zero-order valence-electron chi connectivity index (χ0n) is 13.5. The molecule has 0 radical (unpaired) electrons. The van der Waals surface area contributed by atoms with Crippen LogP contribution in [0, 0.1) is 0 Å². The standard InChI is InChI=1S/C14H24O8/c1-12(19-4)13(2,20-5)22-10-8(15)6-14(17,11(16)18-3)7-9(10)21-12/h8-10,15,17H,6-7H2,1-5H3/t8-,9-,10-,12+,13+,14+/m1/s1. The van der Waals surface area contributed by atoms with Crippen LogP contribution in [0.4, 0.5) is 0 Å². The topological polar surface area (TPSA) is 104 Å². The van der Waals surface area contributed by atoms with Gasteiger partial charge >= 0.3 is 5.97 Å². The van der Waals surface area contributed by atoms with Gasteiger partial charge in [0, 0.05) is 27.1 Å². The van der Waals surface area contributed by atoms with Crippen molar-refractivity contribution >= 4 is 5.97 Å². The Bertz CT molecular complexity index is 443. The highest BCUT2D eigenvalue weighted by atomic mass is 16.8. The first kappa shape index (κ1) is 17.6. The second-order valence-electron chi connectivity index (χ2n) is 6.04. The van der Waals surface area contributed by atoms with Crippen molar-refractivity contribution in [2.45, 2.75) is 62.2 Å². The third-order valence-corrected chi connectivity index (χ3v) is 4.74. The Balaban J connectivity index is 2.30. The quantitative estimate of drug-likeness (QED) is 0.674. The molecule has 0 aromatic carbocycles. The maximum absolute atomic E-state index is 11.8. The molecule has 0 aromatic rings. The Morgan fingerprint density at radius 1 is 1.09 bits per heavy atom. The normalized spacial score (nSPS) is 48.6. The molecule has 0 spiro atoms. The molecule has 128 valence electrons. The average molecular weight is 320 g/mol. The fourth-order valence-electron chi connectivity index (χ4n) is 3.09. The summed E-state index contributed by atoms with van der Waals surface area (Å²) in [6.07, 6.45) is -2.88. The SMILES string of the molecule is COC(=O)[C@]1(O)C[C@@H](O)[C@H]2O[C@](C)(OC)[C@@](C)(OC)O[C@@H]2C1. The van der Waals surface area contributed by atoms with E-state index in [1.807, 2.05) is 0 Å². The number of carbonyl (C=O) groups is 1. The second kappa shape index (κ2) is 5.70. The lowest BCUT2D eigenvalue weighted by Crippen LogP contribution is -2.70. The molecule has 6 atom stereocenters. The summed E-state index contributed by atoms with van der Waals surface area (Å²) in [5, 5.41) is 20.7. The van der Waals surface area contributed by atoms with E-state index in [4.69, 9.17) is 18.9 Å². The van der Waals surface area contributed by atoms with Gasteiger partial charge in [-0.15, -0.1) is 0 Å². The third kappa shape index (κ3) is 2.53. The van der Waals surface area contributed by atoms with Gasteiger partial charge in [-0.1, -0.05) is 0 Å². The molecule has 0 bridgehead atoms. The molecule has 0 amide bonds. The number of methoxy groups -OCH3 is 3. The second-order valence-corrected chi connectivity index (χ2v) is 6.04. The molecular weight excluding hydrogens is 296 g/mol. The van der Waals surface area contributed by atoms with Gasteiger partial charge < -0.3 is 33.9 Å². The molecule has 8 heteroatoms. The van der Waals surface area contributed by atoms with Crippen LogP contribution in [0.2, 0.25) is 0 Å². The van der Waals surface area contributed by atoms with Gasteiger partial charge in [-0.25, -0.2) is 4.79 Å². The van der Waals surface area contributed by atoms with Gasteiger partial charge in [-0.2, -0.15) is 0 Å². The summed E-state index contributed by atoms with van der Waals surface area (Å²) in [4.78, 5) is 11.8. The van der Waals surface area contributed by atoms with Crippen LogP contribution in [-0.4, -0.2) is 73.0 Å². The molecule has 1 saturated heterocycles. The summed E-state index contributed by atoms with van der Waals surface area (Å²) in [5.74, 6) is -3.32. The Hall–Kier alpha value is -0.770. The lowest BCUT2D eigenvalue weighted by Gasteiger charge is -2.55. The molecule has 1 aliphatic heterocycles. The smallest absolute Gasteiger partial charge is 0.338 e. The lowest BCUT2D eigenvalue weighted by molar-refractivity contribution is -0.460. The zero-order chi connectivity index (χ0) is 16.8. The summed E-state index contributed by atoms with van der Waals surface area (Å²) in [7, 11) is 4.06. The maximum atomic E-state index is 11.8. The van der Waals surface area contributed by atoms with Crippen LogP contribution >= 0.6 is 0 Å². The summed E-state index contributed by atoms with van der Waals surface area (Å²) < 4.78 is 27.1. The summed E-state index contributed by atoms with van der Waals surface area (Å²) in [6.45, 7) is 3.27. The molecular formula is C14H24O8. The van der Waals surface area contributed by atoms with E-state index < -0.39 is 41.5 Å². The van der Waals surface area contributed by atoms with Crippen LogP contribution < -0.4 is 0 Å². The number of hydrogen-bond acceptors (Lipinski definition) is 8. The largest absolute Gasteiger partial charge is 0.467 e. The van der Waals surface area contributed by atoms with E-state index >= 15 is 0 Å². The van der Waals surface area contributed by atoms with Gasteiger partial charge in [0.1, 0.15) is 6.10 Å². The number of aliphatic hydroxyl groups is 2. The van der Waals surface area contributed by atoms with E-state index in [2.05, 4.69) is 4.74 Å². The molecule has 1 saturated carbocycles. The minimum atomic E-state index is -1.83. The molecule has 8 nitrogen and oxygen atoms in total. The van der Waals surface area contributed by atoms with Crippen molar-refractivity contribution in [3.05, 3.63) is 0 Å². The fraction of sp³-hybridized carbons (Fsp3) is 0.929. The van der Waals surface area contributed by atoms with E-state index in [0.29, 0.717) is 0 Å². The van der Waals surface area contributed by atoms with E-state index in [1.165, 1.54) is 21.3 Å². The highest BCUT2D eigenvalue weighted by Gasteiger charge is 2.62. The highest BCUT2D eigenvalue weighted by Crippen LogP contribution is 2.45. The van der Waals surface area contributed by atoms with Crippen molar-refractivity contribution < 1.29 is 38.7 Å². The Labute approximate surface area is 129 Å². The molecule has 2 N–H and O–H groups in total. The van der Waals surface area contributed by atoms with E-state index in [9.17, 15) is 15.0 Å². The number of hydrogen-bond donors (Lipinski definition) is 2.